The lowest BCUT2D eigenvalue weighted by molar-refractivity contribution is -0.276. The smallest absolute Gasteiger partial charge is 0.271 e. The molecule has 3 aliphatic rings. The highest BCUT2D eigenvalue weighted by atomic mass is 16.7. The van der Waals surface area contributed by atoms with Gasteiger partial charge < -0.3 is 35.0 Å². The van der Waals surface area contributed by atoms with E-state index >= 15 is 0 Å². The van der Waals surface area contributed by atoms with E-state index in [1.807, 2.05) is 91.0 Å². The SMILES string of the molecule is C[C@@H]1[C@H](CN2CCC3(CC2)C(=O)NCN3c2ccccc2)O[C@H](c2cccc(-c3cccc(CNC(=O)c4cnc5ccccc5n4)c3)c2)O[C@@H]1c1ccc(CO)cc1. The molecule has 2 amide bonds. The zero-order valence-electron chi connectivity index (χ0n) is 33.0. The summed E-state index contributed by atoms with van der Waals surface area (Å²) < 4.78 is 13.8. The van der Waals surface area contributed by atoms with E-state index in [1.165, 1.54) is 6.20 Å². The van der Waals surface area contributed by atoms with E-state index in [1.54, 1.807) is 0 Å². The Labute approximate surface area is 344 Å². The molecule has 3 N–H and O–H groups in total. The van der Waals surface area contributed by atoms with Crippen molar-refractivity contribution >= 4 is 28.5 Å². The highest BCUT2D eigenvalue weighted by molar-refractivity contribution is 5.94. The molecule has 0 saturated carbocycles. The number of rotatable bonds is 10. The van der Waals surface area contributed by atoms with Gasteiger partial charge in [-0.1, -0.05) is 97.9 Å². The van der Waals surface area contributed by atoms with Gasteiger partial charge in [-0.05, 0) is 77.1 Å². The molecule has 0 radical (unpaired) electrons. The number of ether oxygens (including phenoxy) is 2. The molecule has 11 nitrogen and oxygen atoms in total. The minimum absolute atomic E-state index is 0.0216. The number of nitrogens with zero attached hydrogens (tertiary/aromatic N) is 4. The van der Waals surface area contributed by atoms with Gasteiger partial charge in [0.25, 0.3) is 5.91 Å². The van der Waals surface area contributed by atoms with Crippen molar-refractivity contribution in [2.45, 2.75) is 57.0 Å². The second-order valence-electron chi connectivity index (χ2n) is 15.8. The van der Waals surface area contributed by atoms with Crippen LogP contribution >= 0.6 is 0 Å². The summed E-state index contributed by atoms with van der Waals surface area (Å²) in [5.74, 6) is -0.156. The van der Waals surface area contributed by atoms with Crippen LogP contribution in [0.25, 0.3) is 22.2 Å². The molecule has 5 aromatic carbocycles. The summed E-state index contributed by atoms with van der Waals surface area (Å²) in [4.78, 5) is 40.0. The molecule has 0 bridgehead atoms. The third-order valence-corrected chi connectivity index (χ3v) is 12.2. The van der Waals surface area contributed by atoms with Crippen molar-refractivity contribution in [2.75, 3.05) is 31.2 Å². The Morgan fingerprint density at radius 3 is 2.34 bits per heavy atom. The third-order valence-electron chi connectivity index (χ3n) is 12.2. The summed E-state index contributed by atoms with van der Waals surface area (Å²) in [5, 5.41) is 15.9. The average molecular weight is 789 g/mol. The second-order valence-corrected chi connectivity index (χ2v) is 15.8. The fourth-order valence-corrected chi connectivity index (χ4v) is 8.79. The predicted octanol–water partition coefficient (Wildman–Crippen LogP) is 6.94. The number of aliphatic hydroxyl groups is 1. The number of nitrogens with one attached hydrogen (secondary N) is 2. The number of para-hydroxylation sites is 3. The Morgan fingerprint density at radius 2 is 1.56 bits per heavy atom. The Kier molecular flexibility index (Phi) is 10.9. The number of anilines is 1. The maximum absolute atomic E-state index is 13.4. The normalized spacial score (nSPS) is 21.7. The first kappa shape index (κ1) is 38.5. The standard InChI is InChI=1S/C48H48N6O5/c1-32-43(29-53-23-21-48(22-24-53)47(57)51-31-54(48)39-13-3-2-4-14-39)58-46(59-44(32)35-19-17-33(30-55)18-20-35)38-12-8-11-37(26-38)36-10-7-9-34(25-36)27-50-45(56)42-28-49-40-15-5-6-16-41(40)52-42/h2-20,25-26,28,32,43-44,46,55H,21-24,27,29-31H2,1H3,(H,50,56)(H,51,57)/t32-,43+,44+,46+/m1/s1. The maximum Gasteiger partial charge on any atom is 0.271 e. The number of fused-ring (bicyclic) bond motifs is 1. The first-order valence-corrected chi connectivity index (χ1v) is 20.4. The monoisotopic (exact) mass is 788 g/mol. The Morgan fingerprint density at radius 1 is 0.831 bits per heavy atom. The second kappa shape index (κ2) is 16.7. The van der Waals surface area contributed by atoms with Crippen molar-refractivity contribution in [1.29, 1.82) is 0 Å². The van der Waals surface area contributed by atoms with Gasteiger partial charge in [-0.2, -0.15) is 0 Å². The summed E-state index contributed by atoms with van der Waals surface area (Å²) in [6, 6.07) is 42.1. The molecule has 3 fully saturated rings. The van der Waals surface area contributed by atoms with Crippen LogP contribution in [0.3, 0.4) is 0 Å². The quantitative estimate of drug-likeness (QED) is 0.135. The lowest BCUT2D eigenvalue weighted by Crippen LogP contribution is -2.57. The maximum atomic E-state index is 13.4. The van der Waals surface area contributed by atoms with Crippen LogP contribution in [0, 0.1) is 5.92 Å². The van der Waals surface area contributed by atoms with Crippen LogP contribution in [0.5, 0.6) is 0 Å². The molecular weight excluding hydrogens is 741 g/mol. The average Bonchev–Trinajstić information content (AvgIpc) is 3.61. The van der Waals surface area contributed by atoms with Crippen LogP contribution in [0.1, 0.15) is 64.9 Å². The topological polar surface area (TPSA) is 129 Å². The van der Waals surface area contributed by atoms with Gasteiger partial charge in [-0.3, -0.25) is 14.6 Å². The minimum Gasteiger partial charge on any atom is -0.392 e. The molecule has 300 valence electrons. The summed E-state index contributed by atoms with van der Waals surface area (Å²) in [7, 11) is 0. The van der Waals surface area contributed by atoms with Crippen LogP contribution in [0.4, 0.5) is 5.69 Å². The molecule has 0 aliphatic carbocycles. The van der Waals surface area contributed by atoms with Crippen molar-refractivity contribution < 1.29 is 24.2 Å². The molecular formula is C48H48N6O5. The van der Waals surface area contributed by atoms with Gasteiger partial charge in [0.2, 0.25) is 5.91 Å². The Hall–Kier alpha value is -5.98. The van der Waals surface area contributed by atoms with E-state index in [4.69, 9.17) is 9.47 Å². The number of hydrogen-bond acceptors (Lipinski definition) is 9. The van der Waals surface area contributed by atoms with Crippen molar-refractivity contribution in [3.05, 3.63) is 162 Å². The van der Waals surface area contributed by atoms with Crippen LogP contribution in [0.2, 0.25) is 0 Å². The molecule has 1 spiro atoms. The van der Waals surface area contributed by atoms with Crippen molar-refractivity contribution in [1.82, 2.24) is 25.5 Å². The van der Waals surface area contributed by atoms with Gasteiger partial charge in [0.15, 0.2) is 6.29 Å². The number of benzene rings is 5. The van der Waals surface area contributed by atoms with Crippen LogP contribution < -0.4 is 15.5 Å². The Balaban J connectivity index is 0.918. The highest BCUT2D eigenvalue weighted by Gasteiger charge is 2.51. The number of amides is 2. The predicted molar refractivity (Wildman–Crippen MR) is 226 cm³/mol. The van der Waals surface area contributed by atoms with E-state index in [2.05, 4.69) is 73.7 Å². The van der Waals surface area contributed by atoms with E-state index in [0.717, 1.165) is 70.5 Å². The number of likely N-dealkylation sites (tertiary alicyclic amines) is 1. The van der Waals surface area contributed by atoms with E-state index in [-0.39, 0.29) is 42.2 Å². The van der Waals surface area contributed by atoms with E-state index in [9.17, 15) is 14.7 Å². The first-order valence-electron chi connectivity index (χ1n) is 20.4. The number of carbonyl (C=O) groups is 2. The molecule has 3 saturated heterocycles. The lowest BCUT2D eigenvalue weighted by Gasteiger charge is -2.46. The van der Waals surface area contributed by atoms with Crippen molar-refractivity contribution in [3.8, 4) is 11.1 Å². The van der Waals surface area contributed by atoms with Gasteiger partial charge in [0, 0.05) is 43.3 Å². The largest absolute Gasteiger partial charge is 0.392 e. The fraction of sp³-hybridized carbons (Fsp3) is 0.292. The van der Waals surface area contributed by atoms with Crippen LogP contribution in [-0.4, -0.2) is 69.7 Å². The summed E-state index contributed by atoms with van der Waals surface area (Å²) in [6.07, 6.45) is 1.92. The van der Waals surface area contributed by atoms with Gasteiger partial charge in [-0.15, -0.1) is 0 Å². The van der Waals surface area contributed by atoms with Crippen molar-refractivity contribution in [2.24, 2.45) is 5.92 Å². The van der Waals surface area contributed by atoms with E-state index < -0.39 is 11.8 Å². The van der Waals surface area contributed by atoms with Gasteiger partial charge in [-0.25, -0.2) is 4.98 Å². The summed E-state index contributed by atoms with van der Waals surface area (Å²) >= 11 is 0. The number of aromatic nitrogens is 2. The molecule has 9 rings (SSSR count). The van der Waals surface area contributed by atoms with Crippen LogP contribution in [0.15, 0.2) is 134 Å². The number of carbonyl (C=O) groups excluding carboxylic acids is 2. The van der Waals surface area contributed by atoms with E-state index in [0.29, 0.717) is 25.3 Å². The van der Waals surface area contributed by atoms with Gasteiger partial charge in [0.05, 0.1) is 42.7 Å². The van der Waals surface area contributed by atoms with Gasteiger partial charge >= 0.3 is 0 Å². The molecule has 0 unspecified atom stereocenters. The molecule has 4 heterocycles. The zero-order valence-corrected chi connectivity index (χ0v) is 33.0. The molecule has 4 atom stereocenters. The lowest BCUT2D eigenvalue weighted by atomic mass is 9.84. The molecule has 11 heteroatoms. The summed E-state index contributed by atoms with van der Waals surface area (Å²) in [6.45, 7) is 5.26. The third kappa shape index (κ3) is 7.94. The molecule has 3 aliphatic heterocycles. The molecule has 1 aromatic heterocycles. The van der Waals surface area contributed by atoms with Crippen LogP contribution in [-0.2, 0) is 27.4 Å². The minimum atomic E-state index is -0.630. The molecule has 6 aromatic rings. The number of piperidine rings is 1. The number of hydrogen-bond donors (Lipinski definition) is 3. The van der Waals surface area contributed by atoms with Crippen molar-refractivity contribution in [3.63, 3.8) is 0 Å². The first-order chi connectivity index (χ1) is 28.9. The van der Waals surface area contributed by atoms with Gasteiger partial charge in [0.1, 0.15) is 11.2 Å². The Bertz CT molecular complexity index is 2440. The highest BCUT2D eigenvalue weighted by Crippen LogP contribution is 2.43. The summed E-state index contributed by atoms with van der Waals surface area (Å²) in [5.41, 5.74) is 7.94. The molecule has 59 heavy (non-hydrogen) atoms. The zero-order chi connectivity index (χ0) is 40.3. The number of aliphatic hydroxyl groups excluding tert-OH is 1. The fourth-order valence-electron chi connectivity index (χ4n) is 8.79.